The van der Waals surface area contributed by atoms with Crippen molar-refractivity contribution in [2.24, 2.45) is 12.8 Å². The summed E-state index contributed by atoms with van der Waals surface area (Å²) in [5, 5.41) is 16.9. The number of benzene rings is 3. The summed E-state index contributed by atoms with van der Waals surface area (Å²) in [5.41, 5.74) is 11.4. The molecule has 3 aromatic carbocycles. The number of aromatic hydroxyl groups is 1. The van der Waals surface area contributed by atoms with E-state index in [1.165, 1.54) is 0 Å². The van der Waals surface area contributed by atoms with Gasteiger partial charge in [0.2, 0.25) is 0 Å². The van der Waals surface area contributed by atoms with E-state index in [-0.39, 0.29) is 11.7 Å². The second-order valence-corrected chi connectivity index (χ2v) is 7.96. The van der Waals surface area contributed by atoms with E-state index < -0.39 is 0 Å². The van der Waals surface area contributed by atoms with Crippen LogP contribution in [0.1, 0.15) is 27.0 Å². The Morgan fingerprint density at radius 3 is 2.41 bits per heavy atom. The number of phenols is 1. The Labute approximate surface area is 187 Å². The van der Waals surface area contributed by atoms with Gasteiger partial charge in [0.15, 0.2) is 0 Å². The number of fused-ring (bicyclic) bond motifs is 1. The van der Waals surface area contributed by atoms with Gasteiger partial charge in [-0.2, -0.15) is 0 Å². The van der Waals surface area contributed by atoms with Gasteiger partial charge in [-0.25, -0.2) is 0 Å². The molecule has 0 spiro atoms. The molecule has 4 rings (SSSR count). The fourth-order valence-corrected chi connectivity index (χ4v) is 3.84. The molecule has 4 aromatic rings. The summed E-state index contributed by atoms with van der Waals surface area (Å²) >= 11 is 0. The molecule has 0 bridgehead atoms. The van der Waals surface area contributed by atoms with Crippen molar-refractivity contribution in [1.29, 1.82) is 0 Å². The van der Waals surface area contributed by atoms with Crippen molar-refractivity contribution in [3.8, 4) is 5.75 Å². The molecule has 0 aliphatic carbocycles. The second-order valence-electron chi connectivity index (χ2n) is 7.96. The van der Waals surface area contributed by atoms with Crippen LogP contribution in [0.5, 0.6) is 5.75 Å². The van der Waals surface area contributed by atoms with Gasteiger partial charge in [0.1, 0.15) is 5.75 Å². The quantitative estimate of drug-likeness (QED) is 0.342. The molecule has 0 unspecified atom stereocenters. The van der Waals surface area contributed by atoms with E-state index in [9.17, 15) is 9.90 Å². The van der Waals surface area contributed by atoms with Gasteiger partial charge in [-0.05, 0) is 72.1 Å². The minimum absolute atomic E-state index is 0.134. The molecule has 0 radical (unpaired) electrons. The lowest BCUT2D eigenvalue weighted by Crippen LogP contribution is -2.13. The molecule has 164 valence electrons. The number of phenolic OH excluding ortho intramolecular Hbond substituents is 1. The van der Waals surface area contributed by atoms with Crippen LogP contribution in [0.4, 0.5) is 5.69 Å². The summed E-state index contributed by atoms with van der Waals surface area (Å²) < 4.78 is 2.07. The molecule has 1 heterocycles. The van der Waals surface area contributed by atoms with Crippen LogP contribution >= 0.6 is 0 Å². The van der Waals surface area contributed by atoms with E-state index in [1.54, 1.807) is 12.1 Å². The first-order chi connectivity index (χ1) is 15.5. The zero-order valence-corrected chi connectivity index (χ0v) is 18.1. The highest BCUT2D eigenvalue weighted by Crippen LogP contribution is 2.23. The number of amides is 1. The van der Waals surface area contributed by atoms with Crippen LogP contribution in [0.15, 0.2) is 72.9 Å². The average molecular weight is 429 g/mol. The van der Waals surface area contributed by atoms with Gasteiger partial charge < -0.3 is 26.0 Å². The number of nitrogens with one attached hydrogen (secondary N) is 2. The summed E-state index contributed by atoms with van der Waals surface area (Å²) in [5.74, 6) is 0.130. The maximum atomic E-state index is 12.8. The predicted octanol–water partition coefficient (Wildman–Crippen LogP) is 3.93. The van der Waals surface area contributed by atoms with Crippen molar-refractivity contribution in [3.05, 3.63) is 95.2 Å². The number of aryl methyl sites for hydroxylation is 1. The zero-order chi connectivity index (χ0) is 22.5. The van der Waals surface area contributed by atoms with Gasteiger partial charge in [0.25, 0.3) is 5.91 Å². The van der Waals surface area contributed by atoms with E-state index in [4.69, 9.17) is 5.73 Å². The van der Waals surface area contributed by atoms with Crippen molar-refractivity contribution in [1.82, 2.24) is 9.88 Å². The minimum Gasteiger partial charge on any atom is -0.508 e. The number of hydrogen-bond donors (Lipinski definition) is 4. The van der Waals surface area contributed by atoms with E-state index in [2.05, 4.69) is 21.4 Å². The molecule has 0 fully saturated rings. The lowest BCUT2D eigenvalue weighted by atomic mass is 10.1. The van der Waals surface area contributed by atoms with Crippen LogP contribution < -0.4 is 16.4 Å². The third-order valence-electron chi connectivity index (χ3n) is 5.56. The molecule has 6 heteroatoms. The molecule has 1 aromatic heterocycles. The molecule has 0 aliphatic rings. The third kappa shape index (κ3) is 4.99. The Morgan fingerprint density at radius 1 is 0.969 bits per heavy atom. The monoisotopic (exact) mass is 428 g/mol. The SMILES string of the molecule is Cn1cc(CNCc2ccc(O)cc2)c2cc(C(=O)Nc3ccc(CCN)cc3)ccc21. The van der Waals surface area contributed by atoms with E-state index in [0.717, 1.165) is 39.7 Å². The second kappa shape index (κ2) is 9.68. The van der Waals surface area contributed by atoms with Crippen LogP contribution in [0.2, 0.25) is 0 Å². The van der Waals surface area contributed by atoms with Gasteiger partial charge >= 0.3 is 0 Å². The van der Waals surface area contributed by atoms with Crippen LogP contribution in [0.25, 0.3) is 10.9 Å². The number of nitrogens with zero attached hydrogens (tertiary/aromatic N) is 1. The molecular weight excluding hydrogens is 400 g/mol. The molecule has 1 amide bonds. The zero-order valence-electron chi connectivity index (χ0n) is 18.1. The highest BCUT2D eigenvalue weighted by molar-refractivity contribution is 6.06. The van der Waals surface area contributed by atoms with Gasteiger partial charge in [0.05, 0.1) is 0 Å². The van der Waals surface area contributed by atoms with Gasteiger partial charge in [-0.15, -0.1) is 0 Å². The average Bonchev–Trinajstić information content (AvgIpc) is 3.11. The van der Waals surface area contributed by atoms with Crippen molar-refractivity contribution in [3.63, 3.8) is 0 Å². The molecule has 0 saturated carbocycles. The van der Waals surface area contributed by atoms with Crippen LogP contribution in [-0.4, -0.2) is 22.1 Å². The lowest BCUT2D eigenvalue weighted by molar-refractivity contribution is 0.102. The summed E-state index contributed by atoms with van der Waals surface area (Å²) in [6.45, 7) is 1.97. The highest BCUT2D eigenvalue weighted by Gasteiger charge is 2.12. The van der Waals surface area contributed by atoms with Crippen molar-refractivity contribution in [2.45, 2.75) is 19.5 Å². The fraction of sp³-hybridized carbons (Fsp3) is 0.192. The minimum atomic E-state index is -0.134. The standard InChI is InChI=1S/C26H28N4O2/c1-30-17-21(16-28-15-19-4-9-23(31)10-5-19)24-14-20(6-11-25(24)30)26(32)29-22-7-2-18(3-8-22)12-13-27/h2-11,14,17,28,31H,12-13,15-16,27H2,1H3,(H,29,32). The number of hydrogen-bond acceptors (Lipinski definition) is 4. The van der Waals surface area contributed by atoms with Crippen molar-refractivity contribution >= 4 is 22.5 Å². The Bertz CT molecular complexity index is 1210. The summed E-state index contributed by atoms with van der Waals surface area (Å²) in [7, 11) is 2.01. The normalized spacial score (nSPS) is 11.1. The molecule has 0 saturated heterocycles. The lowest BCUT2D eigenvalue weighted by Gasteiger charge is -2.08. The smallest absolute Gasteiger partial charge is 0.255 e. The van der Waals surface area contributed by atoms with Gasteiger partial charge in [0, 0.05) is 48.5 Å². The number of carbonyl (C=O) groups excluding carboxylic acids is 1. The maximum absolute atomic E-state index is 12.8. The largest absolute Gasteiger partial charge is 0.508 e. The molecular formula is C26H28N4O2. The number of anilines is 1. The third-order valence-corrected chi connectivity index (χ3v) is 5.56. The topological polar surface area (TPSA) is 92.3 Å². The Morgan fingerprint density at radius 2 is 1.69 bits per heavy atom. The van der Waals surface area contributed by atoms with E-state index in [0.29, 0.717) is 25.2 Å². The summed E-state index contributed by atoms with van der Waals surface area (Å²) in [6, 6.07) is 20.7. The molecule has 32 heavy (non-hydrogen) atoms. The fourth-order valence-electron chi connectivity index (χ4n) is 3.84. The van der Waals surface area contributed by atoms with Crippen molar-refractivity contribution in [2.75, 3.05) is 11.9 Å². The summed E-state index contributed by atoms with van der Waals surface area (Å²) in [4.78, 5) is 12.8. The Kier molecular flexibility index (Phi) is 6.54. The number of rotatable bonds is 8. The predicted molar refractivity (Wildman–Crippen MR) is 129 cm³/mol. The molecule has 0 atom stereocenters. The van der Waals surface area contributed by atoms with Gasteiger partial charge in [-0.3, -0.25) is 4.79 Å². The van der Waals surface area contributed by atoms with Crippen molar-refractivity contribution < 1.29 is 9.90 Å². The maximum Gasteiger partial charge on any atom is 0.255 e. The Hall–Kier alpha value is -3.61. The van der Waals surface area contributed by atoms with Crippen LogP contribution in [0.3, 0.4) is 0 Å². The molecule has 6 nitrogen and oxygen atoms in total. The molecule has 0 aliphatic heterocycles. The van der Waals surface area contributed by atoms with Crippen LogP contribution in [-0.2, 0) is 26.6 Å². The van der Waals surface area contributed by atoms with Crippen LogP contribution in [0, 0.1) is 0 Å². The first-order valence-corrected chi connectivity index (χ1v) is 10.7. The number of carbonyl (C=O) groups is 1. The first kappa shape index (κ1) is 21.6. The van der Waals surface area contributed by atoms with E-state index in [1.807, 2.05) is 61.6 Å². The number of nitrogens with two attached hydrogens (primary N) is 1. The number of aromatic nitrogens is 1. The Balaban J connectivity index is 1.47. The van der Waals surface area contributed by atoms with E-state index >= 15 is 0 Å². The first-order valence-electron chi connectivity index (χ1n) is 10.7. The summed E-state index contributed by atoms with van der Waals surface area (Å²) in [6.07, 6.45) is 2.91. The molecule has 5 N–H and O–H groups in total. The highest BCUT2D eigenvalue weighted by atomic mass is 16.3. The van der Waals surface area contributed by atoms with Gasteiger partial charge in [-0.1, -0.05) is 24.3 Å².